The third-order valence-corrected chi connectivity index (χ3v) is 22.2. The third-order valence-electron chi connectivity index (χ3n) is 3.56. The zero-order valence-electron chi connectivity index (χ0n) is 11.6. The van der Waals surface area contributed by atoms with E-state index in [1.807, 2.05) is 0 Å². The average Bonchev–Trinajstić information content (AvgIpc) is 2.09. The number of ether oxygens (including phenoxy) is 1. The quantitative estimate of drug-likeness (QED) is 0.315. The third kappa shape index (κ3) is 5.12. The molecule has 0 aromatic rings. The van der Waals surface area contributed by atoms with E-state index in [2.05, 4.69) is 39.3 Å². The molecule has 0 aromatic heterocycles. The van der Waals surface area contributed by atoms with Crippen LogP contribution in [0.15, 0.2) is 12.2 Å². The topological polar surface area (TPSA) is 26.3 Å². The number of hydrogen-bond acceptors (Lipinski definition) is 2. The maximum Gasteiger partial charge on any atom is 0.333 e. The number of esters is 1. The Morgan fingerprint density at radius 3 is 2.06 bits per heavy atom. The van der Waals surface area contributed by atoms with Gasteiger partial charge in [0, 0.05) is 20.8 Å². The molecule has 0 aliphatic heterocycles. The Morgan fingerprint density at radius 2 is 1.69 bits per heavy atom. The minimum absolute atomic E-state index is 0.257. The van der Waals surface area contributed by atoms with Gasteiger partial charge in [-0.15, -0.1) is 0 Å². The molecule has 0 spiro atoms. The van der Waals surface area contributed by atoms with Crippen molar-refractivity contribution in [2.45, 2.75) is 52.1 Å². The van der Waals surface area contributed by atoms with Gasteiger partial charge in [-0.25, -0.2) is 4.79 Å². The highest BCUT2D eigenvalue weighted by molar-refractivity contribution is 7.40. The van der Waals surface area contributed by atoms with E-state index >= 15 is 0 Å². The molecule has 0 fully saturated rings. The van der Waals surface area contributed by atoms with E-state index in [-0.39, 0.29) is 5.97 Å². The van der Waals surface area contributed by atoms with Gasteiger partial charge in [-0.05, 0) is 13.3 Å². The Labute approximate surface area is 102 Å². The summed E-state index contributed by atoms with van der Waals surface area (Å²) in [6, 6.07) is 1.26. The van der Waals surface area contributed by atoms with Gasteiger partial charge in [0.05, 0.1) is 6.61 Å². The Balaban J connectivity index is 3.92. The van der Waals surface area contributed by atoms with Crippen LogP contribution in [0.5, 0.6) is 0 Å². The molecule has 0 radical (unpaired) electrons. The SMILES string of the molecule is C=C(C)C(=O)OCCC[Si](C)(C)[Si](C)(C)C. The van der Waals surface area contributed by atoms with Crippen LogP contribution in [0.25, 0.3) is 0 Å². The minimum Gasteiger partial charge on any atom is -0.462 e. The predicted molar refractivity (Wildman–Crippen MR) is 76.0 cm³/mol. The van der Waals surface area contributed by atoms with Crippen LogP contribution in [-0.2, 0) is 9.53 Å². The van der Waals surface area contributed by atoms with Crippen molar-refractivity contribution < 1.29 is 9.53 Å². The molecule has 0 aliphatic rings. The zero-order chi connectivity index (χ0) is 13.0. The fraction of sp³-hybridized carbons (Fsp3) is 0.750. The van der Waals surface area contributed by atoms with Crippen LogP contribution in [0.4, 0.5) is 0 Å². The molecule has 0 unspecified atom stereocenters. The summed E-state index contributed by atoms with van der Waals surface area (Å²) in [6.45, 7) is 18.0. The van der Waals surface area contributed by atoms with Gasteiger partial charge in [0.15, 0.2) is 0 Å². The molecular weight excluding hydrogens is 232 g/mol. The lowest BCUT2D eigenvalue weighted by atomic mass is 10.4. The maximum absolute atomic E-state index is 11.2. The zero-order valence-corrected chi connectivity index (χ0v) is 13.6. The molecule has 0 rings (SSSR count). The Kier molecular flexibility index (Phi) is 5.69. The lowest BCUT2D eigenvalue weighted by Crippen LogP contribution is -2.52. The molecule has 0 bridgehead atoms. The standard InChI is InChI=1S/C12H26O2Si2/c1-11(2)12(13)14-9-8-10-16(6,7)15(3,4)5/h1,8-10H2,2-7H3. The van der Waals surface area contributed by atoms with Gasteiger partial charge in [0.2, 0.25) is 0 Å². The van der Waals surface area contributed by atoms with Crippen molar-refractivity contribution in [1.82, 2.24) is 0 Å². The number of rotatable bonds is 6. The lowest BCUT2D eigenvalue weighted by Gasteiger charge is -2.35. The van der Waals surface area contributed by atoms with Gasteiger partial charge < -0.3 is 4.74 Å². The van der Waals surface area contributed by atoms with Crippen molar-refractivity contribution in [3.63, 3.8) is 0 Å². The fourth-order valence-electron chi connectivity index (χ4n) is 1.18. The molecule has 0 heterocycles. The molecule has 2 nitrogen and oxygen atoms in total. The Morgan fingerprint density at radius 1 is 1.19 bits per heavy atom. The van der Waals surface area contributed by atoms with E-state index in [1.165, 1.54) is 6.04 Å². The van der Waals surface area contributed by atoms with Crippen LogP contribution >= 0.6 is 0 Å². The fourth-order valence-corrected chi connectivity index (χ4v) is 5.74. The molecule has 0 saturated carbocycles. The molecule has 0 N–H and O–H groups in total. The van der Waals surface area contributed by atoms with Gasteiger partial charge in [-0.1, -0.05) is 45.4 Å². The van der Waals surface area contributed by atoms with Crippen molar-refractivity contribution >= 4 is 21.2 Å². The van der Waals surface area contributed by atoms with Crippen LogP contribution < -0.4 is 0 Å². The first kappa shape index (κ1) is 15.6. The number of hydrogen-bond donors (Lipinski definition) is 0. The summed E-state index contributed by atoms with van der Waals surface area (Å²) >= 11 is 0. The van der Waals surface area contributed by atoms with Crippen LogP contribution in [0, 0.1) is 0 Å². The minimum atomic E-state index is -1.08. The first-order chi connectivity index (χ1) is 7.08. The van der Waals surface area contributed by atoms with Crippen molar-refractivity contribution in [3.8, 4) is 0 Å². The van der Waals surface area contributed by atoms with Gasteiger partial charge in [0.25, 0.3) is 0 Å². The summed E-state index contributed by atoms with van der Waals surface area (Å²) in [6.07, 6.45) is 1.00. The number of carbonyl (C=O) groups is 1. The summed E-state index contributed by atoms with van der Waals surface area (Å²) in [4.78, 5) is 11.2. The highest BCUT2D eigenvalue weighted by Gasteiger charge is 2.35. The molecule has 0 atom stereocenters. The summed E-state index contributed by atoms with van der Waals surface area (Å²) < 4.78 is 5.11. The second-order valence-electron chi connectivity index (χ2n) is 6.15. The molecule has 0 amide bonds. The highest BCUT2D eigenvalue weighted by Crippen LogP contribution is 2.24. The molecule has 0 aliphatic carbocycles. The van der Waals surface area contributed by atoms with Crippen LogP contribution in [-0.4, -0.2) is 27.8 Å². The van der Waals surface area contributed by atoms with E-state index in [4.69, 9.17) is 4.74 Å². The molecule has 0 aromatic carbocycles. The highest BCUT2D eigenvalue weighted by atomic mass is 29.3. The van der Waals surface area contributed by atoms with Crippen molar-refractivity contribution in [2.24, 2.45) is 0 Å². The average molecular weight is 259 g/mol. The summed E-state index contributed by atoms with van der Waals surface area (Å²) in [7, 11) is -2.08. The van der Waals surface area contributed by atoms with E-state index in [0.717, 1.165) is 6.42 Å². The van der Waals surface area contributed by atoms with Crippen molar-refractivity contribution in [2.75, 3.05) is 6.61 Å². The Bertz CT molecular complexity index is 265. The Hall–Kier alpha value is -0.356. The van der Waals surface area contributed by atoms with Crippen LogP contribution in [0.1, 0.15) is 13.3 Å². The second-order valence-corrected chi connectivity index (χ2v) is 23.5. The summed E-state index contributed by atoms with van der Waals surface area (Å²) in [5.41, 5.74) is 0.488. The van der Waals surface area contributed by atoms with Gasteiger partial charge in [-0.3, -0.25) is 0 Å². The van der Waals surface area contributed by atoms with E-state index in [0.29, 0.717) is 12.2 Å². The van der Waals surface area contributed by atoms with E-state index in [1.54, 1.807) is 6.92 Å². The summed E-state index contributed by atoms with van der Waals surface area (Å²) in [5.74, 6) is -0.257. The van der Waals surface area contributed by atoms with Crippen LogP contribution in [0.2, 0.25) is 38.8 Å². The smallest absolute Gasteiger partial charge is 0.333 e. The monoisotopic (exact) mass is 258 g/mol. The van der Waals surface area contributed by atoms with Gasteiger partial charge in [0.1, 0.15) is 0 Å². The summed E-state index contributed by atoms with van der Waals surface area (Å²) in [5, 5.41) is 0. The largest absolute Gasteiger partial charge is 0.462 e. The van der Waals surface area contributed by atoms with Crippen LogP contribution in [0.3, 0.4) is 0 Å². The lowest BCUT2D eigenvalue weighted by molar-refractivity contribution is -0.138. The molecule has 0 saturated heterocycles. The molecular formula is C12H26O2Si2. The van der Waals surface area contributed by atoms with E-state index in [9.17, 15) is 4.79 Å². The predicted octanol–water partition coefficient (Wildman–Crippen LogP) is 3.62. The maximum atomic E-state index is 11.2. The van der Waals surface area contributed by atoms with Gasteiger partial charge in [-0.2, -0.15) is 0 Å². The van der Waals surface area contributed by atoms with Crippen molar-refractivity contribution in [1.29, 1.82) is 0 Å². The molecule has 94 valence electrons. The molecule has 4 heteroatoms. The normalized spacial score (nSPS) is 12.4. The van der Waals surface area contributed by atoms with E-state index < -0.39 is 15.2 Å². The second kappa shape index (κ2) is 5.82. The molecule has 16 heavy (non-hydrogen) atoms. The first-order valence-corrected chi connectivity index (χ1v) is 13.6. The number of carbonyl (C=O) groups excluding carboxylic acids is 1. The van der Waals surface area contributed by atoms with Crippen molar-refractivity contribution in [3.05, 3.63) is 12.2 Å². The first-order valence-electron chi connectivity index (χ1n) is 5.90. The van der Waals surface area contributed by atoms with Gasteiger partial charge >= 0.3 is 5.97 Å².